The molecule has 0 heterocycles. The molecule has 0 aliphatic heterocycles. The van der Waals surface area contributed by atoms with Crippen molar-refractivity contribution < 1.29 is 9.59 Å². The van der Waals surface area contributed by atoms with Gasteiger partial charge in [-0.1, -0.05) is 70.5 Å². The van der Waals surface area contributed by atoms with Gasteiger partial charge in [0.15, 0.2) is 11.6 Å². The van der Waals surface area contributed by atoms with E-state index in [9.17, 15) is 9.59 Å². The monoisotopic (exact) mass is 316 g/mol. The summed E-state index contributed by atoms with van der Waals surface area (Å²) in [5.41, 5.74) is 2.29. The van der Waals surface area contributed by atoms with Gasteiger partial charge >= 0.3 is 0 Å². The lowest BCUT2D eigenvalue weighted by atomic mass is 10.0. The zero-order chi connectivity index (χ0) is 13.7. The third-order valence-electron chi connectivity index (χ3n) is 2.86. The summed E-state index contributed by atoms with van der Waals surface area (Å²) in [5.74, 6) is 0.126. The molecule has 2 aromatic carbocycles. The van der Waals surface area contributed by atoms with Gasteiger partial charge < -0.3 is 0 Å². The summed E-state index contributed by atoms with van der Waals surface area (Å²) in [4.78, 5) is 23.5. The summed E-state index contributed by atoms with van der Waals surface area (Å²) < 4.78 is 0. The van der Waals surface area contributed by atoms with Crippen molar-refractivity contribution in [2.24, 2.45) is 0 Å². The van der Waals surface area contributed by atoms with E-state index in [1.165, 1.54) is 0 Å². The van der Waals surface area contributed by atoms with Crippen LogP contribution in [0.15, 0.2) is 54.6 Å². The topological polar surface area (TPSA) is 34.1 Å². The molecule has 2 nitrogen and oxygen atoms in total. The van der Waals surface area contributed by atoms with Crippen LogP contribution in [0.4, 0.5) is 0 Å². The van der Waals surface area contributed by atoms with Crippen LogP contribution in [0.5, 0.6) is 0 Å². The number of halogens is 1. The van der Waals surface area contributed by atoms with Crippen molar-refractivity contribution in [3.05, 3.63) is 71.3 Å². The average Bonchev–Trinajstić information content (AvgIpc) is 2.48. The van der Waals surface area contributed by atoms with Gasteiger partial charge in [0.2, 0.25) is 0 Å². The maximum Gasteiger partial charge on any atom is 0.173 e. The first kappa shape index (κ1) is 13.7. The van der Waals surface area contributed by atoms with Crippen molar-refractivity contribution in [3.63, 3.8) is 0 Å². The normalized spacial score (nSPS) is 10.2. The fourth-order valence-electron chi connectivity index (χ4n) is 1.80. The summed E-state index contributed by atoms with van der Waals surface area (Å²) in [6, 6.07) is 16.4. The number of carbonyl (C=O) groups excluding carboxylic acids is 2. The molecule has 2 rings (SSSR count). The molecule has 0 spiro atoms. The summed E-state index contributed by atoms with van der Waals surface area (Å²) in [5, 5.41) is 0.315. The summed E-state index contributed by atoms with van der Waals surface area (Å²) >= 11 is 3.14. The third kappa shape index (κ3) is 3.61. The van der Waals surface area contributed by atoms with E-state index in [1.54, 1.807) is 12.1 Å². The Balaban J connectivity index is 2.08. The van der Waals surface area contributed by atoms with Gasteiger partial charge in [0.05, 0.1) is 5.33 Å². The first-order valence-corrected chi connectivity index (χ1v) is 7.09. The molecule has 96 valence electrons. The van der Waals surface area contributed by atoms with E-state index < -0.39 is 0 Å². The van der Waals surface area contributed by atoms with Crippen molar-refractivity contribution >= 4 is 27.5 Å². The predicted octanol–water partition coefficient (Wildman–Crippen LogP) is 3.69. The molecule has 0 saturated heterocycles. The van der Waals surface area contributed by atoms with E-state index in [0.717, 1.165) is 5.56 Å². The first-order valence-electron chi connectivity index (χ1n) is 5.97. The minimum Gasteiger partial charge on any atom is -0.294 e. The molecule has 0 radical (unpaired) electrons. The van der Waals surface area contributed by atoms with Crippen molar-refractivity contribution in [2.45, 2.75) is 6.42 Å². The molecule has 19 heavy (non-hydrogen) atoms. The smallest absolute Gasteiger partial charge is 0.173 e. The van der Waals surface area contributed by atoms with Crippen molar-refractivity contribution in [3.8, 4) is 0 Å². The third-order valence-corrected chi connectivity index (χ3v) is 3.37. The van der Waals surface area contributed by atoms with Crippen molar-refractivity contribution in [1.29, 1.82) is 0 Å². The molecule has 0 bridgehead atoms. The number of carbonyl (C=O) groups is 2. The lowest BCUT2D eigenvalue weighted by Crippen LogP contribution is -2.04. The van der Waals surface area contributed by atoms with Gasteiger partial charge in [-0.05, 0) is 5.56 Å². The summed E-state index contributed by atoms with van der Waals surface area (Å²) in [7, 11) is 0. The number of hydrogen-bond acceptors (Lipinski definition) is 2. The fraction of sp³-hybridized carbons (Fsp3) is 0.125. The van der Waals surface area contributed by atoms with Gasteiger partial charge in [-0.2, -0.15) is 0 Å². The van der Waals surface area contributed by atoms with Crippen LogP contribution >= 0.6 is 15.9 Å². The molecule has 2 aromatic rings. The van der Waals surface area contributed by atoms with Crippen molar-refractivity contribution in [2.75, 3.05) is 5.33 Å². The van der Waals surface area contributed by atoms with Crippen LogP contribution in [0.2, 0.25) is 0 Å². The Labute approximate surface area is 120 Å². The highest BCUT2D eigenvalue weighted by molar-refractivity contribution is 9.09. The Bertz CT molecular complexity index is 573. The number of rotatable bonds is 5. The highest BCUT2D eigenvalue weighted by atomic mass is 79.9. The van der Waals surface area contributed by atoms with Crippen LogP contribution in [0.3, 0.4) is 0 Å². The maximum atomic E-state index is 12.0. The Morgan fingerprint density at radius 1 is 0.789 bits per heavy atom. The summed E-state index contributed by atoms with van der Waals surface area (Å²) in [6.07, 6.45) is 0.354. The Kier molecular flexibility index (Phi) is 4.63. The Hall–Kier alpha value is -1.74. The molecule has 0 aliphatic rings. The van der Waals surface area contributed by atoms with Crippen LogP contribution in [0.1, 0.15) is 26.3 Å². The largest absolute Gasteiger partial charge is 0.294 e. The lowest BCUT2D eigenvalue weighted by molar-refractivity contribution is 0.0991. The van der Waals surface area contributed by atoms with E-state index in [0.29, 0.717) is 22.9 Å². The molecule has 3 heteroatoms. The molecule has 0 fully saturated rings. The second-order valence-electron chi connectivity index (χ2n) is 4.22. The molecule has 0 aromatic heterocycles. The van der Waals surface area contributed by atoms with Gasteiger partial charge in [0.1, 0.15) is 0 Å². The van der Waals surface area contributed by atoms with Crippen LogP contribution in [-0.2, 0) is 6.42 Å². The molecular formula is C16H13BrO2. The van der Waals surface area contributed by atoms with E-state index in [4.69, 9.17) is 0 Å². The number of Topliss-reactive ketones (excluding diaryl/α,β-unsaturated/α-hetero) is 2. The first-order chi connectivity index (χ1) is 9.20. The van der Waals surface area contributed by atoms with Crippen LogP contribution in [0.25, 0.3) is 0 Å². The highest BCUT2D eigenvalue weighted by Crippen LogP contribution is 2.10. The quantitative estimate of drug-likeness (QED) is 0.622. The molecule has 0 atom stereocenters. The SMILES string of the molecule is O=C(CBr)c1ccc(CC(=O)c2ccccc2)cc1. The zero-order valence-corrected chi connectivity index (χ0v) is 11.9. The van der Waals surface area contributed by atoms with E-state index in [2.05, 4.69) is 15.9 Å². The highest BCUT2D eigenvalue weighted by Gasteiger charge is 2.08. The van der Waals surface area contributed by atoms with Gasteiger partial charge in [-0.15, -0.1) is 0 Å². The maximum absolute atomic E-state index is 12.0. The molecule has 0 aliphatic carbocycles. The average molecular weight is 317 g/mol. The number of alkyl halides is 1. The van der Waals surface area contributed by atoms with E-state index in [-0.39, 0.29) is 11.6 Å². The van der Waals surface area contributed by atoms with Gasteiger partial charge in [-0.25, -0.2) is 0 Å². The molecule has 0 N–H and O–H groups in total. The second kappa shape index (κ2) is 6.43. The molecule has 0 unspecified atom stereocenters. The minimum atomic E-state index is 0.0425. The van der Waals surface area contributed by atoms with E-state index in [1.807, 2.05) is 42.5 Å². The molecular weight excluding hydrogens is 304 g/mol. The van der Waals surface area contributed by atoms with Gasteiger partial charge in [-0.3, -0.25) is 9.59 Å². The number of benzene rings is 2. The number of ketones is 2. The minimum absolute atomic E-state index is 0.0425. The van der Waals surface area contributed by atoms with Crippen LogP contribution < -0.4 is 0 Å². The lowest BCUT2D eigenvalue weighted by Gasteiger charge is -2.03. The van der Waals surface area contributed by atoms with Crippen LogP contribution in [0, 0.1) is 0 Å². The molecule has 0 amide bonds. The predicted molar refractivity (Wildman–Crippen MR) is 79.0 cm³/mol. The fourth-order valence-corrected chi connectivity index (χ4v) is 2.12. The van der Waals surface area contributed by atoms with Crippen LogP contribution in [-0.4, -0.2) is 16.9 Å². The number of hydrogen-bond donors (Lipinski definition) is 0. The molecule has 0 saturated carbocycles. The Morgan fingerprint density at radius 3 is 1.95 bits per heavy atom. The van der Waals surface area contributed by atoms with Gasteiger partial charge in [0, 0.05) is 17.5 Å². The summed E-state index contributed by atoms with van der Waals surface area (Å²) in [6.45, 7) is 0. The second-order valence-corrected chi connectivity index (χ2v) is 4.78. The van der Waals surface area contributed by atoms with E-state index >= 15 is 0 Å². The van der Waals surface area contributed by atoms with Gasteiger partial charge in [0.25, 0.3) is 0 Å². The Morgan fingerprint density at radius 2 is 1.37 bits per heavy atom. The van der Waals surface area contributed by atoms with Crippen molar-refractivity contribution in [1.82, 2.24) is 0 Å². The zero-order valence-electron chi connectivity index (χ0n) is 10.3. The standard InChI is InChI=1S/C16H13BrO2/c17-11-16(19)14-8-6-12(7-9-14)10-15(18)13-4-2-1-3-5-13/h1-9H,10-11H2.